The minimum absolute atomic E-state index is 0.0129. The predicted octanol–water partition coefficient (Wildman–Crippen LogP) is 9.05. The zero-order valence-electron chi connectivity index (χ0n) is 36.5. The van der Waals surface area contributed by atoms with Crippen LogP contribution in [-0.4, -0.2) is 89.2 Å². The molecule has 0 aromatic heterocycles. The molecule has 0 aromatic rings. The number of phosphoric acid groups is 1. The molecule has 1 aliphatic rings. The first-order valence-corrected chi connectivity index (χ1v) is 24.4. The Morgan fingerprint density at radius 3 is 2.00 bits per heavy atom. The van der Waals surface area contributed by atoms with Crippen LogP contribution in [0.4, 0.5) is 0 Å². The molecular formula is C45H82NO12P. The van der Waals surface area contributed by atoms with Crippen LogP contribution in [0, 0.1) is 5.92 Å². The van der Waals surface area contributed by atoms with Gasteiger partial charge in [0, 0.05) is 31.7 Å². The highest BCUT2D eigenvalue weighted by Gasteiger charge is 2.35. The van der Waals surface area contributed by atoms with Crippen molar-refractivity contribution in [2.24, 2.45) is 11.7 Å². The Bertz CT molecular complexity index is 1180. The van der Waals surface area contributed by atoms with Crippen molar-refractivity contribution in [3.05, 3.63) is 36.5 Å². The van der Waals surface area contributed by atoms with E-state index >= 15 is 0 Å². The summed E-state index contributed by atoms with van der Waals surface area (Å²) >= 11 is 0. The Labute approximate surface area is 356 Å². The third-order valence-corrected chi connectivity index (χ3v) is 11.3. The summed E-state index contributed by atoms with van der Waals surface area (Å²) in [6.07, 6.45) is 30.8. The van der Waals surface area contributed by atoms with Crippen LogP contribution < -0.4 is 5.73 Å². The Morgan fingerprint density at radius 1 is 0.763 bits per heavy atom. The normalized spacial score (nSPS) is 20.7. The van der Waals surface area contributed by atoms with Gasteiger partial charge in [-0.1, -0.05) is 134 Å². The lowest BCUT2D eigenvalue weighted by Gasteiger charge is -2.36. The van der Waals surface area contributed by atoms with E-state index in [4.69, 9.17) is 29.0 Å². The first-order valence-electron chi connectivity index (χ1n) is 22.9. The number of ether oxygens (including phenoxy) is 3. The zero-order valence-corrected chi connectivity index (χ0v) is 37.4. The third kappa shape index (κ3) is 31.6. The number of esters is 2. The van der Waals surface area contributed by atoms with Crippen molar-refractivity contribution < 1.29 is 57.6 Å². The molecule has 0 saturated carbocycles. The van der Waals surface area contributed by atoms with Crippen LogP contribution in [-0.2, 0) is 37.4 Å². The Hall–Kier alpha value is -1.93. The number of allylic oxidation sites excluding steroid dienone is 4. The summed E-state index contributed by atoms with van der Waals surface area (Å²) in [6, 6.07) is 0. The van der Waals surface area contributed by atoms with E-state index in [0.717, 1.165) is 44.9 Å². The van der Waals surface area contributed by atoms with Crippen molar-refractivity contribution in [2.75, 3.05) is 26.4 Å². The summed E-state index contributed by atoms with van der Waals surface area (Å²) in [6.45, 7) is 3.31. The maximum absolute atomic E-state index is 12.7. The molecule has 0 radical (unpaired) electrons. The van der Waals surface area contributed by atoms with Crippen LogP contribution in [0.5, 0.6) is 0 Å². The molecule has 1 fully saturated rings. The molecule has 59 heavy (non-hydrogen) atoms. The van der Waals surface area contributed by atoms with Gasteiger partial charge in [-0.05, 0) is 57.8 Å². The molecular weight excluding hydrogens is 777 g/mol. The van der Waals surface area contributed by atoms with Gasteiger partial charge in [0.25, 0.3) is 0 Å². The van der Waals surface area contributed by atoms with Crippen molar-refractivity contribution >= 4 is 19.8 Å². The Kier molecular flexibility index (Phi) is 34.3. The molecule has 344 valence electrons. The largest absolute Gasteiger partial charge is 0.472 e. The molecule has 0 aliphatic carbocycles. The van der Waals surface area contributed by atoms with Crippen molar-refractivity contribution in [2.45, 2.75) is 205 Å². The number of aliphatic hydroxyl groups is 3. The number of phosphoric ester groups is 1. The number of hydrogen-bond acceptors (Lipinski definition) is 12. The smallest absolute Gasteiger partial charge is 0.462 e. The van der Waals surface area contributed by atoms with Gasteiger partial charge in [-0.2, -0.15) is 0 Å². The van der Waals surface area contributed by atoms with Crippen LogP contribution in [0.3, 0.4) is 0 Å². The first kappa shape index (κ1) is 55.1. The summed E-state index contributed by atoms with van der Waals surface area (Å²) < 4.78 is 38.4. The number of hydrogen-bond donors (Lipinski definition) is 5. The lowest BCUT2D eigenvalue weighted by molar-refractivity contribution is -0.199. The summed E-state index contributed by atoms with van der Waals surface area (Å²) in [5, 5.41) is 30.9. The van der Waals surface area contributed by atoms with E-state index in [1.165, 1.54) is 64.2 Å². The fraction of sp³-hybridized carbons (Fsp3) is 0.822. The van der Waals surface area contributed by atoms with Gasteiger partial charge in [0.05, 0.1) is 31.5 Å². The molecule has 6 N–H and O–H groups in total. The van der Waals surface area contributed by atoms with Crippen molar-refractivity contribution in [3.8, 4) is 0 Å². The van der Waals surface area contributed by atoms with Crippen molar-refractivity contribution in [1.82, 2.24) is 0 Å². The Morgan fingerprint density at radius 2 is 1.34 bits per heavy atom. The lowest BCUT2D eigenvalue weighted by Crippen LogP contribution is -2.43. The van der Waals surface area contributed by atoms with E-state index < -0.39 is 57.1 Å². The van der Waals surface area contributed by atoms with E-state index in [0.29, 0.717) is 32.1 Å². The molecule has 2 unspecified atom stereocenters. The molecule has 13 nitrogen and oxygen atoms in total. The molecule has 0 aromatic carbocycles. The van der Waals surface area contributed by atoms with Gasteiger partial charge >= 0.3 is 19.8 Å². The summed E-state index contributed by atoms with van der Waals surface area (Å²) in [5.41, 5.74) is 5.35. The molecule has 1 aliphatic heterocycles. The van der Waals surface area contributed by atoms with Crippen molar-refractivity contribution in [1.29, 1.82) is 0 Å². The van der Waals surface area contributed by atoms with Crippen LogP contribution in [0.25, 0.3) is 0 Å². The second kappa shape index (κ2) is 36.7. The van der Waals surface area contributed by atoms with Crippen LogP contribution in [0.2, 0.25) is 0 Å². The monoisotopic (exact) mass is 860 g/mol. The van der Waals surface area contributed by atoms with Crippen LogP contribution in [0.15, 0.2) is 36.5 Å². The summed E-state index contributed by atoms with van der Waals surface area (Å²) in [4.78, 5) is 35.1. The zero-order chi connectivity index (χ0) is 43.4. The summed E-state index contributed by atoms with van der Waals surface area (Å²) in [5.74, 6) is -1.34. The molecule has 1 rings (SSSR count). The number of aliphatic hydroxyl groups excluding tert-OH is 3. The highest BCUT2D eigenvalue weighted by Crippen LogP contribution is 2.43. The molecule has 0 bridgehead atoms. The minimum Gasteiger partial charge on any atom is -0.462 e. The number of carbonyl (C=O) groups excluding carboxylic acids is 2. The molecule has 7 atom stereocenters. The average Bonchev–Trinajstić information content (AvgIpc) is 3.20. The fourth-order valence-corrected chi connectivity index (χ4v) is 7.55. The first-order chi connectivity index (χ1) is 28.5. The second-order valence-electron chi connectivity index (χ2n) is 15.8. The van der Waals surface area contributed by atoms with Crippen LogP contribution in [0.1, 0.15) is 174 Å². The number of carbonyl (C=O) groups is 2. The Balaban J connectivity index is 2.41. The topological polar surface area (TPSA) is 204 Å². The molecule has 0 amide bonds. The van der Waals surface area contributed by atoms with E-state index in [1.54, 1.807) is 12.2 Å². The molecule has 1 heterocycles. The quantitative estimate of drug-likeness (QED) is 0.0170. The van der Waals surface area contributed by atoms with Gasteiger partial charge in [-0.25, -0.2) is 4.57 Å². The minimum atomic E-state index is -4.45. The van der Waals surface area contributed by atoms with E-state index in [1.807, 2.05) is 12.2 Å². The SMILES string of the molecule is CCCCCCCC/C=C\CCCCCCCCCC(=O)O[C@H](COC(=O)CCC/C=C\C[C@H]1[C@@H](O)CC(O)O[C@@H]1/C=C/[C@@H](O)CCCCC)COP(=O)(O)OCCN. The van der Waals surface area contributed by atoms with Gasteiger partial charge in [-0.15, -0.1) is 0 Å². The maximum Gasteiger partial charge on any atom is 0.472 e. The van der Waals surface area contributed by atoms with Crippen LogP contribution >= 0.6 is 7.82 Å². The van der Waals surface area contributed by atoms with E-state index in [-0.39, 0.29) is 44.9 Å². The predicted molar refractivity (Wildman–Crippen MR) is 232 cm³/mol. The number of nitrogens with two attached hydrogens (primary N) is 1. The lowest BCUT2D eigenvalue weighted by atomic mass is 9.87. The fourth-order valence-electron chi connectivity index (χ4n) is 6.79. The van der Waals surface area contributed by atoms with Gasteiger partial charge in [0.2, 0.25) is 0 Å². The van der Waals surface area contributed by atoms with Gasteiger partial charge < -0.3 is 40.2 Å². The third-order valence-electron chi connectivity index (χ3n) is 10.3. The maximum atomic E-state index is 12.7. The van der Waals surface area contributed by atoms with E-state index in [9.17, 15) is 34.4 Å². The van der Waals surface area contributed by atoms with Gasteiger partial charge in [-0.3, -0.25) is 18.6 Å². The van der Waals surface area contributed by atoms with Crippen molar-refractivity contribution in [3.63, 3.8) is 0 Å². The standard InChI is InChI=1S/C45H82NO12P/c1-3-5-7-8-9-10-11-12-13-14-15-16-17-18-19-20-26-30-44(50)57-39(37-56-59(52,53)55-34-33-46)36-54-43(49)29-25-22-21-24-28-40-41(48)35-45(51)58-42(40)32-31-38(47)27-23-6-4-2/h12-13,21,24,31-32,38-42,45,47-48,51H,3-11,14-20,22-23,25-30,33-37,46H2,1-2H3,(H,52,53)/b13-12-,24-21-,32-31+/t38-,39+,40-,41-,42+,45?/m0/s1. The number of rotatable bonds is 38. The number of unbranched alkanes of at least 4 members (excludes halogenated alkanes) is 16. The van der Waals surface area contributed by atoms with Gasteiger partial charge in [0.1, 0.15) is 6.61 Å². The van der Waals surface area contributed by atoms with Gasteiger partial charge in [0.15, 0.2) is 12.4 Å². The second-order valence-corrected chi connectivity index (χ2v) is 17.2. The highest BCUT2D eigenvalue weighted by molar-refractivity contribution is 7.47. The summed E-state index contributed by atoms with van der Waals surface area (Å²) in [7, 11) is -4.45. The molecule has 1 saturated heterocycles. The highest BCUT2D eigenvalue weighted by atomic mass is 31.2. The average molecular weight is 860 g/mol. The van der Waals surface area contributed by atoms with E-state index in [2.05, 4.69) is 26.0 Å². The molecule has 14 heteroatoms. The molecule has 0 spiro atoms.